The van der Waals surface area contributed by atoms with Crippen LogP contribution in [0, 0.1) is 11.3 Å². The van der Waals surface area contributed by atoms with Crippen molar-refractivity contribution < 1.29 is 9.53 Å². The summed E-state index contributed by atoms with van der Waals surface area (Å²) in [6.45, 7) is 5.63. The number of hydrogen-bond donors (Lipinski definition) is 1. The molecule has 6 nitrogen and oxygen atoms in total. The van der Waals surface area contributed by atoms with Crippen molar-refractivity contribution in [3.8, 4) is 6.07 Å². The number of hydrogen-bond acceptors (Lipinski definition) is 6. The molecule has 0 saturated carbocycles. The fourth-order valence-corrected chi connectivity index (χ4v) is 3.27. The third kappa shape index (κ3) is 4.06. The second-order valence-corrected chi connectivity index (χ2v) is 6.15. The first kappa shape index (κ1) is 16.0. The second-order valence-electron chi connectivity index (χ2n) is 5.02. The lowest BCUT2D eigenvalue weighted by atomic mass is 10.2. The number of morpholine rings is 1. The van der Waals surface area contributed by atoms with Crippen LogP contribution < -0.4 is 5.32 Å². The number of carbonyl (C=O) groups is 1. The fraction of sp³-hybridized carbons (Fsp3) is 0.615. The van der Waals surface area contributed by atoms with Crippen LogP contribution in [-0.4, -0.2) is 47.0 Å². The van der Waals surface area contributed by atoms with Crippen LogP contribution in [0.4, 0.5) is 5.00 Å². The smallest absolute Gasteiger partial charge is 0.224 e. The number of nitrogens with zero attached hydrogens (tertiary/aromatic N) is 3. The molecule has 0 radical (unpaired) electrons. The molecule has 1 amide bonds. The number of nitriles is 1. The van der Waals surface area contributed by atoms with Crippen LogP contribution in [0.3, 0.4) is 0 Å². The number of rotatable bonds is 4. The normalized spacial score (nSPS) is 21.9. The maximum atomic E-state index is 12.2. The van der Waals surface area contributed by atoms with Gasteiger partial charge in [-0.25, -0.2) is 0 Å². The summed E-state index contributed by atoms with van der Waals surface area (Å²) in [5, 5.41) is 12.8. The largest absolute Gasteiger partial charge is 0.374 e. The number of amides is 1. The molecular weight excluding hydrogens is 312 g/mol. The lowest BCUT2D eigenvalue weighted by molar-refractivity contribution is -0.142. The Hall–Kier alpha value is -1.36. The van der Waals surface area contributed by atoms with Crippen molar-refractivity contribution in [3.63, 3.8) is 0 Å². The van der Waals surface area contributed by atoms with Gasteiger partial charge in [0, 0.05) is 26.1 Å². The van der Waals surface area contributed by atoms with E-state index in [0.29, 0.717) is 36.6 Å². The molecule has 21 heavy (non-hydrogen) atoms. The van der Waals surface area contributed by atoms with Crippen molar-refractivity contribution in [2.45, 2.75) is 32.5 Å². The Kier molecular flexibility index (Phi) is 5.39. The molecule has 1 aliphatic heterocycles. The molecule has 1 N–H and O–H groups in total. The van der Waals surface area contributed by atoms with Crippen LogP contribution in [0.5, 0.6) is 0 Å². The number of carbonyl (C=O) groups excluding carboxylic acids is 1. The first-order valence-corrected chi connectivity index (χ1v) is 7.88. The van der Waals surface area contributed by atoms with E-state index in [0.717, 1.165) is 11.5 Å². The van der Waals surface area contributed by atoms with Gasteiger partial charge in [0.25, 0.3) is 0 Å². The van der Waals surface area contributed by atoms with Crippen LogP contribution in [-0.2, 0) is 9.53 Å². The molecule has 1 aromatic heterocycles. The van der Waals surface area contributed by atoms with E-state index < -0.39 is 0 Å². The van der Waals surface area contributed by atoms with E-state index in [2.05, 4.69) is 9.69 Å². The van der Waals surface area contributed by atoms with E-state index in [1.54, 1.807) is 0 Å². The summed E-state index contributed by atoms with van der Waals surface area (Å²) in [6, 6.07) is 2.00. The zero-order valence-corrected chi connectivity index (χ0v) is 13.5. The van der Waals surface area contributed by atoms with Gasteiger partial charge in [0.05, 0.1) is 12.2 Å². The zero-order chi connectivity index (χ0) is 15.4. The number of aromatic nitrogens is 1. The maximum Gasteiger partial charge on any atom is 0.224 e. The summed E-state index contributed by atoms with van der Waals surface area (Å²) in [4.78, 5) is 14.0. The Balaban J connectivity index is 1.83. The van der Waals surface area contributed by atoms with E-state index in [1.165, 1.54) is 0 Å². The molecule has 1 aliphatic rings. The highest BCUT2D eigenvalue weighted by molar-refractivity contribution is 7.10. The molecule has 1 aromatic rings. The molecular formula is C13H17ClN4O2S. The average Bonchev–Trinajstić information content (AvgIpc) is 2.78. The summed E-state index contributed by atoms with van der Waals surface area (Å²) in [5.74, 6) is 0.0821. The molecule has 8 heteroatoms. The number of nitrogens with one attached hydrogen (secondary N) is 1. The Morgan fingerprint density at radius 2 is 2.24 bits per heavy atom. The van der Waals surface area contributed by atoms with Crippen LogP contribution in [0.25, 0.3) is 0 Å². The predicted molar refractivity (Wildman–Crippen MR) is 81.5 cm³/mol. The quantitative estimate of drug-likeness (QED) is 0.915. The summed E-state index contributed by atoms with van der Waals surface area (Å²) in [5.41, 5.74) is 0.336. The molecule has 2 heterocycles. The summed E-state index contributed by atoms with van der Waals surface area (Å²) < 4.78 is 9.51. The topological polar surface area (TPSA) is 78.3 Å². The van der Waals surface area contributed by atoms with Gasteiger partial charge < -0.3 is 15.0 Å². The van der Waals surface area contributed by atoms with Gasteiger partial charge in [0.1, 0.15) is 16.6 Å². The third-order valence-corrected chi connectivity index (χ3v) is 4.34. The highest BCUT2D eigenvalue weighted by Crippen LogP contribution is 2.27. The van der Waals surface area contributed by atoms with Crippen molar-refractivity contribution in [1.29, 1.82) is 5.26 Å². The molecule has 0 aliphatic carbocycles. The van der Waals surface area contributed by atoms with Crippen LogP contribution in [0.1, 0.15) is 25.8 Å². The molecule has 114 valence electrons. The SMILES string of the molecule is CC1CN(C(=O)CCNc2snc(Cl)c2C#N)CC(C)O1. The van der Waals surface area contributed by atoms with Gasteiger partial charge in [0.2, 0.25) is 5.91 Å². The van der Waals surface area contributed by atoms with E-state index in [9.17, 15) is 4.79 Å². The van der Waals surface area contributed by atoms with Gasteiger partial charge in [0.15, 0.2) is 5.15 Å². The average molecular weight is 329 g/mol. The van der Waals surface area contributed by atoms with Crippen molar-refractivity contribution in [2.75, 3.05) is 25.0 Å². The van der Waals surface area contributed by atoms with Crippen molar-refractivity contribution in [2.24, 2.45) is 0 Å². The third-order valence-electron chi connectivity index (χ3n) is 3.16. The first-order chi connectivity index (χ1) is 10.0. The Bertz CT molecular complexity index is 547. The minimum Gasteiger partial charge on any atom is -0.374 e. The molecule has 0 spiro atoms. The summed E-state index contributed by atoms with van der Waals surface area (Å²) >= 11 is 6.92. The van der Waals surface area contributed by atoms with Gasteiger partial charge in [-0.05, 0) is 25.4 Å². The van der Waals surface area contributed by atoms with Gasteiger partial charge >= 0.3 is 0 Å². The highest BCUT2D eigenvalue weighted by Gasteiger charge is 2.25. The van der Waals surface area contributed by atoms with Crippen molar-refractivity contribution in [1.82, 2.24) is 9.27 Å². The zero-order valence-electron chi connectivity index (χ0n) is 11.9. The van der Waals surface area contributed by atoms with Crippen LogP contribution >= 0.6 is 23.1 Å². The van der Waals surface area contributed by atoms with Crippen LogP contribution in [0.15, 0.2) is 0 Å². The maximum absolute atomic E-state index is 12.2. The molecule has 2 atom stereocenters. The van der Waals surface area contributed by atoms with Crippen molar-refractivity contribution >= 4 is 34.0 Å². The molecule has 0 bridgehead atoms. The minimum atomic E-state index is 0.0659. The Morgan fingerprint density at radius 1 is 1.57 bits per heavy atom. The monoisotopic (exact) mass is 328 g/mol. The number of anilines is 1. The lowest BCUT2D eigenvalue weighted by Crippen LogP contribution is -2.48. The van der Waals surface area contributed by atoms with E-state index >= 15 is 0 Å². The lowest BCUT2D eigenvalue weighted by Gasteiger charge is -2.35. The second kappa shape index (κ2) is 7.07. The number of halogens is 1. The van der Waals surface area contributed by atoms with Gasteiger partial charge in [-0.3, -0.25) is 4.79 Å². The predicted octanol–water partition coefficient (Wildman–Crippen LogP) is 2.11. The van der Waals surface area contributed by atoms with E-state index in [4.69, 9.17) is 21.6 Å². The first-order valence-electron chi connectivity index (χ1n) is 6.73. The standard InChI is InChI=1S/C13H17ClN4O2S/c1-8-6-18(7-9(2)20-8)11(19)3-4-16-13-10(5-15)12(14)17-21-13/h8-9,16H,3-4,6-7H2,1-2H3. The van der Waals surface area contributed by atoms with E-state index in [-0.39, 0.29) is 23.3 Å². The van der Waals surface area contributed by atoms with E-state index in [1.807, 2.05) is 24.8 Å². The van der Waals surface area contributed by atoms with Gasteiger partial charge in [-0.2, -0.15) is 9.64 Å². The molecule has 1 fully saturated rings. The fourth-order valence-electron chi connectivity index (χ4n) is 2.31. The van der Waals surface area contributed by atoms with Crippen LogP contribution in [0.2, 0.25) is 5.15 Å². The van der Waals surface area contributed by atoms with Gasteiger partial charge in [-0.1, -0.05) is 11.6 Å². The van der Waals surface area contributed by atoms with Gasteiger partial charge in [-0.15, -0.1) is 0 Å². The van der Waals surface area contributed by atoms with Crippen molar-refractivity contribution in [3.05, 3.63) is 10.7 Å². The highest BCUT2D eigenvalue weighted by atomic mass is 35.5. The molecule has 2 rings (SSSR count). The Labute approximate surface area is 132 Å². The summed E-state index contributed by atoms with van der Waals surface area (Å²) in [6.07, 6.45) is 0.493. The molecule has 2 unspecified atom stereocenters. The molecule has 1 saturated heterocycles. The minimum absolute atomic E-state index is 0.0659. The Morgan fingerprint density at radius 3 is 2.86 bits per heavy atom. The summed E-state index contributed by atoms with van der Waals surface area (Å²) in [7, 11) is 0. The molecule has 0 aromatic carbocycles. The number of ether oxygens (including phenoxy) is 1.